The fraction of sp³-hybridized carbons (Fsp3) is 0.929. The smallest absolute Gasteiger partial charge is 0.224 e. The Morgan fingerprint density at radius 2 is 1.72 bits per heavy atom. The van der Waals surface area contributed by atoms with Crippen LogP contribution in [0.3, 0.4) is 0 Å². The average molecular weight is 253 g/mol. The fourth-order valence-electron chi connectivity index (χ4n) is 3.28. The maximum absolute atomic E-state index is 12.4. The van der Waals surface area contributed by atoms with Crippen LogP contribution in [-0.4, -0.2) is 53.5 Å². The first-order valence-corrected chi connectivity index (χ1v) is 7.20. The second-order valence-corrected chi connectivity index (χ2v) is 6.41. The molecular formula is C14H27N3O. The zero-order chi connectivity index (χ0) is 13.3. The van der Waals surface area contributed by atoms with Gasteiger partial charge in [0.25, 0.3) is 0 Å². The van der Waals surface area contributed by atoms with Gasteiger partial charge in [-0.15, -0.1) is 0 Å². The van der Waals surface area contributed by atoms with Crippen molar-refractivity contribution >= 4 is 5.91 Å². The summed E-state index contributed by atoms with van der Waals surface area (Å²) in [5.74, 6) is 0.256. The minimum Gasteiger partial charge on any atom is -0.340 e. The third-order valence-corrected chi connectivity index (χ3v) is 4.82. The van der Waals surface area contributed by atoms with Crippen molar-refractivity contribution in [2.45, 2.75) is 63.6 Å². The van der Waals surface area contributed by atoms with Crippen LogP contribution in [-0.2, 0) is 4.79 Å². The van der Waals surface area contributed by atoms with E-state index in [1.54, 1.807) is 0 Å². The number of likely N-dealkylation sites (N-methyl/N-ethyl adjacent to an activating group) is 1. The van der Waals surface area contributed by atoms with Crippen molar-refractivity contribution in [3.05, 3.63) is 0 Å². The topological polar surface area (TPSA) is 49.6 Å². The Morgan fingerprint density at radius 1 is 1.22 bits per heavy atom. The molecule has 1 amide bonds. The largest absolute Gasteiger partial charge is 0.340 e. The van der Waals surface area contributed by atoms with Crippen molar-refractivity contribution in [1.82, 2.24) is 9.80 Å². The van der Waals surface area contributed by atoms with Gasteiger partial charge in [0.2, 0.25) is 5.91 Å². The average Bonchev–Trinajstić information content (AvgIpc) is 2.71. The zero-order valence-electron chi connectivity index (χ0n) is 12.0. The summed E-state index contributed by atoms with van der Waals surface area (Å²) in [6.07, 6.45) is 4.92. The van der Waals surface area contributed by atoms with Gasteiger partial charge in [-0.3, -0.25) is 9.69 Å². The molecule has 2 unspecified atom stereocenters. The highest BCUT2D eigenvalue weighted by atomic mass is 16.2. The van der Waals surface area contributed by atoms with Gasteiger partial charge < -0.3 is 10.6 Å². The van der Waals surface area contributed by atoms with E-state index >= 15 is 0 Å². The first kappa shape index (κ1) is 13.8. The van der Waals surface area contributed by atoms with E-state index in [4.69, 9.17) is 5.73 Å². The first-order chi connectivity index (χ1) is 8.41. The molecule has 1 aliphatic heterocycles. The van der Waals surface area contributed by atoms with Crippen molar-refractivity contribution in [2.75, 3.05) is 20.1 Å². The molecule has 1 aliphatic carbocycles. The van der Waals surface area contributed by atoms with Crippen LogP contribution >= 0.6 is 0 Å². The van der Waals surface area contributed by atoms with Crippen LogP contribution in [0, 0.1) is 0 Å². The molecule has 1 heterocycles. The summed E-state index contributed by atoms with van der Waals surface area (Å²) in [5, 5.41) is 0. The Labute approximate surface area is 110 Å². The summed E-state index contributed by atoms with van der Waals surface area (Å²) >= 11 is 0. The monoisotopic (exact) mass is 253 g/mol. The normalized spacial score (nSPS) is 32.8. The Balaban J connectivity index is 1.93. The summed E-state index contributed by atoms with van der Waals surface area (Å²) in [6, 6.07) is 0.880. The summed E-state index contributed by atoms with van der Waals surface area (Å²) in [7, 11) is 2.14. The van der Waals surface area contributed by atoms with E-state index in [2.05, 4.69) is 25.8 Å². The minimum atomic E-state index is -0.215. The molecule has 104 valence electrons. The van der Waals surface area contributed by atoms with Gasteiger partial charge in [0.05, 0.1) is 0 Å². The van der Waals surface area contributed by atoms with Crippen molar-refractivity contribution in [1.29, 1.82) is 0 Å². The number of amides is 1. The number of hydrogen-bond acceptors (Lipinski definition) is 3. The molecule has 0 bridgehead atoms. The summed E-state index contributed by atoms with van der Waals surface area (Å²) in [6.45, 7) is 6.05. The van der Waals surface area contributed by atoms with Gasteiger partial charge in [0.1, 0.15) is 0 Å². The summed E-state index contributed by atoms with van der Waals surface area (Å²) in [4.78, 5) is 16.7. The predicted octanol–water partition coefficient (Wildman–Crippen LogP) is 1.20. The highest BCUT2D eigenvalue weighted by Crippen LogP contribution is 2.31. The molecular weight excluding hydrogens is 226 g/mol. The molecule has 4 nitrogen and oxygen atoms in total. The van der Waals surface area contributed by atoms with Gasteiger partial charge in [-0.05, 0) is 33.7 Å². The van der Waals surface area contributed by atoms with E-state index in [0.717, 1.165) is 25.9 Å². The molecule has 4 heteroatoms. The lowest BCUT2D eigenvalue weighted by atomic mass is 9.93. The molecule has 0 aromatic rings. The number of nitrogens with two attached hydrogens (primary N) is 1. The second kappa shape index (κ2) is 5.17. The number of nitrogens with zero attached hydrogens (tertiary/aromatic N) is 2. The van der Waals surface area contributed by atoms with Gasteiger partial charge in [-0.25, -0.2) is 0 Å². The molecule has 0 aromatic heterocycles. The van der Waals surface area contributed by atoms with E-state index in [0.29, 0.717) is 18.5 Å². The van der Waals surface area contributed by atoms with Crippen LogP contribution in [0.25, 0.3) is 0 Å². The van der Waals surface area contributed by atoms with E-state index in [-0.39, 0.29) is 11.4 Å². The quantitative estimate of drug-likeness (QED) is 0.804. The third-order valence-electron chi connectivity index (χ3n) is 4.82. The number of piperazine rings is 1. The molecule has 2 aliphatic rings. The van der Waals surface area contributed by atoms with Crippen LogP contribution in [0.5, 0.6) is 0 Å². The summed E-state index contributed by atoms with van der Waals surface area (Å²) < 4.78 is 0. The van der Waals surface area contributed by atoms with Crippen LogP contribution in [0.4, 0.5) is 0 Å². The highest BCUT2D eigenvalue weighted by Gasteiger charge is 2.35. The highest BCUT2D eigenvalue weighted by molar-refractivity contribution is 5.77. The number of hydrogen-bond donors (Lipinski definition) is 1. The number of carbonyl (C=O) groups excluding carboxylic acids is 1. The molecule has 0 spiro atoms. The van der Waals surface area contributed by atoms with Crippen LogP contribution in [0.1, 0.15) is 46.0 Å². The van der Waals surface area contributed by atoms with Crippen LogP contribution in [0.2, 0.25) is 0 Å². The lowest BCUT2D eigenvalue weighted by molar-refractivity contribution is -0.136. The maximum atomic E-state index is 12.4. The zero-order valence-corrected chi connectivity index (χ0v) is 12.0. The van der Waals surface area contributed by atoms with Gasteiger partial charge in [0.15, 0.2) is 0 Å². The molecule has 2 N–H and O–H groups in total. The third kappa shape index (κ3) is 2.86. The molecule has 1 saturated heterocycles. The molecule has 18 heavy (non-hydrogen) atoms. The summed E-state index contributed by atoms with van der Waals surface area (Å²) in [5.41, 5.74) is 6.09. The minimum absolute atomic E-state index is 0.215. The molecule has 0 radical (unpaired) electrons. The molecule has 2 rings (SSSR count). The fourth-order valence-corrected chi connectivity index (χ4v) is 3.28. The van der Waals surface area contributed by atoms with Crippen LogP contribution in [0.15, 0.2) is 0 Å². The van der Waals surface area contributed by atoms with Crippen molar-refractivity contribution in [3.8, 4) is 0 Å². The standard InChI is InChI=1S/C14H27N3O/c1-11-9-17(10-12(2)16(11)3)13(18)8-14(15)6-4-5-7-14/h11-12H,4-10,15H2,1-3H3. The SMILES string of the molecule is CC1CN(C(=O)CC2(N)CCCC2)CC(C)N1C. The number of carbonyl (C=O) groups is 1. The first-order valence-electron chi connectivity index (χ1n) is 7.20. The van der Waals surface area contributed by atoms with Gasteiger partial charge in [0, 0.05) is 37.1 Å². The van der Waals surface area contributed by atoms with E-state index in [9.17, 15) is 4.79 Å². The van der Waals surface area contributed by atoms with Gasteiger partial charge in [-0.2, -0.15) is 0 Å². The maximum Gasteiger partial charge on any atom is 0.224 e. The number of rotatable bonds is 2. The lowest BCUT2D eigenvalue weighted by Crippen LogP contribution is -2.57. The Morgan fingerprint density at radius 3 is 2.22 bits per heavy atom. The van der Waals surface area contributed by atoms with Crippen molar-refractivity contribution in [3.63, 3.8) is 0 Å². The van der Waals surface area contributed by atoms with Crippen LogP contribution < -0.4 is 5.73 Å². The molecule has 2 atom stereocenters. The molecule has 2 fully saturated rings. The van der Waals surface area contributed by atoms with E-state index in [1.807, 2.05) is 4.90 Å². The van der Waals surface area contributed by atoms with E-state index < -0.39 is 0 Å². The predicted molar refractivity (Wildman–Crippen MR) is 73.3 cm³/mol. The Bertz CT molecular complexity index is 300. The van der Waals surface area contributed by atoms with Crippen molar-refractivity contribution < 1.29 is 4.79 Å². The molecule has 1 saturated carbocycles. The molecule has 0 aromatic carbocycles. The van der Waals surface area contributed by atoms with Gasteiger partial charge in [-0.1, -0.05) is 12.8 Å². The Hall–Kier alpha value is -0.610. The Kier molecular flexibility index (Phi) is 3.97. The van der Waals surface area contributed by atoms with E-state index in [1.165, 1.54) is 12.8 Å². The van der Waals surface area contributed by atoms with Crippen molar-refractivity contribution in [2.24, 2.45) is 5.73 Å². The second-order valence-electron chi connectivity index (χ2n) is 6.41. The van der Waals surface area contributed by atoms with Gasteiger partial charge >= 0.3 is 0 Å². The lowest BCUT2D eigenvalue weighted by Gasteiger charge is -2.43.